The molecule has 6 nitrogen and oxygen atoms in total. The fourth-order valence-corrected chi connectivity index (χ4v) is 3.53. The van der Waals surface area contributed by atoms with Crippen molar-refractivity contribution in [3.63, 3.8) is 0 Å². The van der Waals surface area contributed by atoms with Crippen molar-refractivity contribution in [3.05, 3.63) is 77.7 Å². The number of carbonyl (C=O) groups excluding carboxylic acids is 1. The molecule has 0 N–H and O–H groups in total. The van der Waals surface area contributed by atoms with E-state index < -0.39 is 17.4 Å². The minimum absolute atomic E-state index is 0.0182. The van der Waals surface area contributed by atoms with Crippen molar-refractivity contribution in [1.82, 2.24) is 10.1 Å². The molecule has 2 heterocycles. The SMILES string of the molecule is C[C@H]1CN(c2ccccc2)CCN1C(=O)c1cc(COc2c(F)cccc2F)on1. The first-order valence-electron chi connectivity index (χ1n) is 9.66. The van der Waals surface area contributed by atoms with Gasteiger partial charge in [0.2, 0.25) is 0 Å². The van der Waals surface area contributed by atoms with Crippen LogP contribution in [0.15, 0.2) is 59.1 Å². The molecule has 8 heteroatoms. The molecule has 0 unspecified atom stereocenters. The summed E-state index contributed by atoms with van der Waals surface area (Å²) in [7, 11) is 0. The lowest BCUT2D eigenvalue weighted by molar-refractivity contribution is 0.0663. The molecule has 1 aliphatic rings. The van der Waals surface area contributed by atoms with Gasteiger partial charge in [-0.05, 0) is 31.2 Å². The Kier molecular flexibility index (Phi) is 5.65. The Morgan fingerprint density at radius 3 is 2.57 bits per heavy atom. The van der Waals surface area contributed by atoms with E-state index in [0.717, 1.165) is 17.8 Å². The van der Waals surface area contributed by atoms with Crippen LogP contribution in [-0.4, -0.2) is 41.6 Å². The van der Waals surface area contributed by atoms with E-state index in [-0.39, 0.29) is 30.0 Å². The van der Waals surface area contributed by atoms with Crippen LogP contribution in [0.4, 0.5) is 14.5 Å². The van der Waals surface area contributed by atoms with E-state index in [2.05, 4.69) is 10.1 Å². The summed E-state index contributed by atoms with van der Waals surface area (Å²) in [4.78, 5) is 16.9. The average molecular weight is 413 g/mol. The summed E-state index contributed by atoms with van der Waals surface area (Å²) in [5.41, 5.74) is 1.26. The molecular weight excluding hydrogens is 392 g/mol. The largest absolute Gasteiger partial charge is 0.479 e. The number of benzene rings is 2. The van der Waals surface area contributed by atoms with Crippen LogP contribution in [0.3, 0.4) is 0 Å². The van der Waals surface area contributed by atoms with E-state index in [0.29, 0.717) is 19.6 Å². The number of hydrogen-bond acceptors (Lipinski definition) is 5. The van der Waals surface area contributed by atoms with Gasteiger partial charge in [0, 0.05) is 37.4 Å². The highest BCUT2D eigenvalue weighted by molar-refractivity contribution is 5.92. The number of aromatic nitrogens is 1. The number of amides is 1. The Bertz CT molecular complexity index is 1010. The van der Waals surface area contributed by atoms with Crippen LogP contribution in [0.1, 0.15) is 23.2 Å². The van der Waals surface area contributed by atoms with E-state index in [1.54, 1.807) is 4.90 Å². The minimum atomic E-state index is -0.809. The molecule has 1 aliphatic heterocycles. The third kappa shape index (κ3) is 4.12. The molecule has 0 radical (unpaired) electrons. The molecular formula is C22H21F2N3O3. The van der Waals surface area contributed by atoms with Crippen molar-refractivity contribution >= 4 is 11.6 Å². The second kappa shape index (κ2) is 8.52. The van der Waals surface area contributed by atoms with E-state index in [1.807, 2.05) is 37.3 Å². The molecule has 4 rings (SSSR count). The molecule has 3 aromatic rings. The van der Waals surface area contributed by atoms with Gasteiger partial charge in [0.1, 0.15) is 6.61 Å². The van der Waals surface area contributed by atoms with E-state index in [4.69, 9.17) is 9.26 Å². The number of para-hydroxylation sites is 2. The van der Waals surface area contributed by atoms with Crippen molar-refractivity contribution in [1.29, 1.82) is 0 Å². The van der Waals surface area contributed by atoms with Crippen LogP contribution in [0.25, 0.3) is 0 Å². The smallest absolute Gasteiger partial charge is 0.276 e. The van der Waals surface area contributed by atoms with Gasteiger partial charge in [0.25, 0.3) is 5.91 Å². The van der Waals surface area contributed by atoms with Gasteiger partial charge in [-0.25, -0.2) is 8.78 Å². The van der Waals surface area contributed by atoms with Gasteiger partial charge in [-0.15, -0.1) is 0 Å². The fourth-order valence-electron chi connectivity index (χ4n) is 3.53. The van der Waals surface area contributed by atoms with Gasteiger partial charge >= 0.3 is 0 Å². The van der Waals surface area contributed by atoms with Gasteiger partial charge in [-0.1, -0.05) is 29.4 Å². The Hall–Kier alpha value is -3.42. The van der Waals surface area contributed by atoms with Crippen molar-refractivity contribution in [3.8, 4) is 5.75 Å². The fraction of sp³-hybridized carbons (Fsp3) is 0.273. The Labute approximate surface area is 172 Å². The second-order valence-corrected chi connectivity index (χ2v) is 7.15. The van der Waals surface area contributed by atoms with E-state index in [9.17, 15) is 13.6 Å². The highest BCUT2D eigenvalue weighted by atomic mass is 19.1. The summed E-state index contributed by atoms with van der Waals surface area (Å²) < 4.78 is 37.6. The molecule has 1 atom stereocenters. The number of rotatable bonds is 5. The van der Waals surface area contributed by atoms with Gasteiger partial charge in [0.15, 0.2) is 28.8 Å². The maximum Gasteiger partial charge on any atom is 0.276 e. The number of carbonyl (C=O) groups is 1. The van der Waals surface area contributed by atoms with Crippen LogP contribution >= 0.6 is 0 Å². The standard InChI is InChI=1S/C22H21F2N3O3/c1-15-13-26(16-6-3-2-4-7-16)10-11-27(15)22(28)20-12-17(30-25-20)14-29-21-18(23)8-5-9-19(21)24/h2-9,12,15H,10-11,13-14H2,1H3/t15-/m0/s1. The zero-order chi connectivity index (χ0) is 21.1. The zero-order valence-corrected chi connectivity index (χ0v) is 16.4. The predicted molar refractivity (Wildman–Crippen MR) is 106 cm³/mol. The minimum Gasteiger partial charge on any atom is -0.479 e. The molecule has 0 aliphatic carbocycles. The average Bonchev–Trinajstić information content (AvgIpc) is 3.22. The Morgan fingerprint density at radius 1 is 1.13 bits per heavy atom. The predicted octanol–water partition coefficient (Wildman–Crippen LogP) is 3.88. The first-order chi connectivity index (χ1) is 14.5. The lowest BCUT2D eigenvalue weighted by atomic mass is 10.1. The van der Waals surface area contributed by atoms with Gasteiger partial charge in [-0.3, -0.25) is 4.79 Å². The van der Waals surface area contributed by atoms with Gasteiger partial charge < -0.3 is 19.1 Å². The Balaban J connectivity index is 1.38. The van der Waals surface area contributed by atoms with Crippen molar-refractivity contribution < 1.29 is 22.8 Å². The van der Waals surface area contributed by atoms with Crippen LogP contribution in [-0.2, 0) is 6.61 Å². The quantitative estimate of drug-likeness (QED) is 0.635. The Morgan fingerprint density at radius 2 is 1.87 bits per heavy atom. The maximum atomic E-state index is 13.7. The third-order valence-electron chi connectivity index (χ3n) is 5.07. The molecule has 1 saturated heterocycles. The topological polar surface area (TPSA) is 58.8 Å². The highest BCUT2D eigenvalue weighted by Crippen LogP contribution is 2.23. The van der Waals surface area contributed by atoms with E-state index in [1.165, 1.54) is 12.1 Å². The van der Waals surface area contributed by atoms with Crippen LogP contribution < -0.4 is 9.64 Å². The first kappa shape index (κ1) is 19.9. The number of halogens is 2. The lowest BCUT2D eigenvalue weighted by Gasteiger charge is -2.40. The highest BCUT2D eigenvalue weighted by Gasteiger charge is 2.30. The number of piperazine rings is 1. The summed E-state index contributed by atoms with van der Waals surface area (Å²) in [6.45, 7) is 3.71. The van der Waals surface area contributed by atoms with Crippen molar-refractivity contribution in [2.45, 2.75) is 19.6 Å². The number of anilines is 1. The second-order valence-electron chi connectivity index (χ2n) is 7.15. The number of nitrogens with zero attached hydrogens (tertiary/aromatic N) is 3. The molecule has 0 bridgehead atoms. The lowest BCUT2D eigenvalue weighted by Crippen LogP contribution is -2.54. The molecule has 0 spiro atoms. The van der Waals surface area contributed by atoms with Crippen LogP contribution in [0.5, 0.6) is 5.75 Å². The molecule has 1 fully saturated rings. The molecule has 156 valence electrons. The first-order valence-corrected chi connectivity index (χ1v) is 9.66. The zero-order valence-electron chi connectivity index (χ0n) is 16.4. The molecule has 2 aromatic carbocycles. The summed E-state index contributed by atoms with van der Waals surface area (Å²) in [6.07, 6.45) is 0. The van der Waals surface area contributed by atoms with Crippen molar-refractivity contribution in [2.24, 2.45) is 0 Å². The van der Waals surface area contributed by atoms with E-state index >= 15 is 0 Å². The number of ether oxygens (including phenoxy) is 1. The maximum absolute atomic E-state index is 13.7. The third-order valence-corrected chi connectivity index (χ3v) is 5.07. The van der Waals surface area contributed by atoms with Crippen molar-refractivity contribution in [2.75, 3.05) is 24.5 Å². The summed E-state index contributed by atoms with van der Waals surface area (Å²) in [5, 5.41) is 3.81. The molecule has 1 aromatic heterocycles. The number of hydrogen-bond donors (Lipinski definition) is 0. The van der Waals surface area contributed by atoms with Crippen LogP contribution in [0, 0.1) is 11.6 Å². The monoisotopic (exact) mass is 413 g/mol. The van der Waals surface area contributed by atoms with Crippen LogP contribution in [0.2, 0.25) is 0 Å². The van der Waals surface area contributed by atoms with Gasteiger partial charge in [-0.2, -0.15) is 0 Å². The molecule has 0 saturated carbocycles. The summed E-state index contributed by atoms with van der Waals surface area (Å²) in [6, 6.07) is 14.9. The van der Waals surface area contributed by atoms with Gasteiger partial charge in [0.05, 0.1) is 0 Å². The summed E-state index contributed by atoms with van der Waals surface area (Å²) in [5.74, 6) is -2.15. The molecule has 1 amide bonds. The molecule has 30 heavy (non-hydrogen) atoms. The summed E-state index contributed by atoms with van der Waals surface area (Å²) >= 11 is 0. The normalized spacial score (nSPS) is 16.6.